The molecule has 6 rings (SSSR count). The van der Waals surface area contributed by atoms with E-state index in [1.165, 1.54) is 0 Å². The molecule has 1 aliphatic carbocycles. The highest BCUT2D eigenvalue weighted by Gasteiger charge is 2.33. The summed E-state index contributed by atoms with van der Waals surface area (Å²) in [5.41, 5.74) is 3.67. The SMILES string of the molecule is CN([Si](C)C)[Si](C)(C)C.COc1ccc(CN2Cc3c(-c4nc(C5CC5)no4)ncn3-c3ccc(SC)cc3C2=O)c(OC)c1. The Kier molecular flexibility index (Phi) is 9.92. The van der Waals surface area contributed by atoms with Gasteiger partial charge >= 0.3 is 0 Å². The molecule has 0 N–H and O–H groups in total. The number of thioether (sulfide) groups is 1. The fourth-order valence-corrected chi connectivity index (χ4v) is 11.0. The fourth-order valence-electron chi connectivity index (χ4n) is 5.18. The molecule has 3 heterocycles. The van der Waals surface area contributed by atoms with Gasteiger partial charge in [-0.3, -0.25) is 9.36 Å². The molecule has 13 heteroatoms. The molecule has 2 aromatic heterocycles. The lowest BCUT2D eigenvalue weighted by molar-refractivity contribution is 0.0732. The van der Waals surface area contributed by atoms with Crippen LogP contribution in [0.25, 0.3) is 17.3 Å². The van der Waals surface area contributed by atoms with Gasteiger partial charge in [-0.05, 0) is 56.5 Å². The van der Waals surface area contributed by atoms with Crippen LogP contribution in [0.3, 0.4) is 0 Å². The zero-order chi connectivity index (χ0) is 32.5. The van der Waals surface area contributed by atoms with Gasteiger partial charge in [0, 0.05) is 22.4 Å². The van der Waals surface area contributed by atoms with E-state index in [2.05, 4.69) is 59.1 Å². The number of hydrogen-bond acceptors (Lipinski definition) is 9. The van der Waals surface area contributed by atoms with Gasteiger partial charge in [0.15, 0.2) is 11.5 Å². The second-order valence-electron chi connectivity index (χ2n) is 12.5. The Morgan fingerprint density at radius 1 is 1.11 bits per heavy atom. The average molecular weight is 664 g/mol. The van der Waals surface area contributed by atoms with Crippen molar-refractivity contribution in [2.45, 2.75) is 69.5 Å². The Morgan fingerprint density at radius 3 is 2.47 bits per heavy atom. The highest BCUT2D eigenvalue weighted by Crippen LogP contribution is 2.40. The number of nitrogens with zero attached hydrogens (tertiary/aromatic N) is 6. The summed E-state index contributed by atoms with van der Waals surface area (Å²) in [7, 11) is 4.37. The highest BCUT2D eigenvalue weighted by atomic mass is 32.2. The maximum absolute atomic E-state index is 13.9. The molecule has 10 nitrogen and oxygen atoms in total. The molecular weight excluding hydrogens is 621 g/mol. The predicted octanol–water partition coefficient (Wildman–Crippen LogP) is 6.70. The summed E-state index contributed by atoms with van der Waals surface area (Å²) >= 11 is 1.60. The van der Waals surface area contributed by atoms with Gasteiger partial charge in [0.2, 0.25) is 0 Å². The number of hydrogen-bond donors (Lipinski definition) is 0. The average Bonchev–Trinajstić information content (AvgIpc) is 3.65. The summed E-state index contributed by atoms with van der Waals surface area (Å²) < 4.78 is 21.1. The van der Waals surface area contributed by atoms with Gasteiger partial charge in [0.1, 0.15) is 35.0 Å². The normalized spacial score (nSPS) is 14.6. The molecule has 239 valence electrons. The van der Waals surface area contributed by atoms with Gasteiger partial charge in [-0.1, -0.05) is 37.9 Å². The number of amides is 1. The van der Waals surface area contributed by atoms with E-state index >= 15 is 0 Å². The first-order chi connectivity index (χ1) is 21.4. The topological polar surface area (TPSA) is 98.8 Å². The van der Waals surface area contributed by atoms with Crippen molar-refractivity contribution in [1.29, 1.82) is 0 Å². The highest BCUT2D eigenvalue weighted by molar-refractivity contribution is 7.98. The molecule has 1 fully saturated rings. The molecule has 0 bridgehead atoms. The number of methoxy groups -OCH3 is 2. The number of ether oxygens (including phenoxy) is 2. The molecule has 1 saturated carbocycles. The summed E-state index contributed by atoms with van der Waals surface area (Å²) in [5, 5.41) is 4.17. The van der Waals surface area contributed by atoms with Crippen molar-refractivity contribution in [2.75, 3.05) is 27.5 Å². The summed E-state index contributed by atoms with van der Waals surface area (Å²) in [6, 6.07) is 11.5. The molecule has 0 saturated heterocycles. The molecule has 0 atom stereocenters. The number of carbonyl (C=O) groups excluding carboxylic acids is 1. The number of benzene rings is 2. The minimum Gasteiger partial charge on any atom is -0.497 e. The second-order valence-corrected chi connectivity index (χ2v) is 21.4. The first-order valence-corrected chi connectivity index (χ1v) is 22.2. The van der Waals surface area contributed by atoms with E-state index in [4.69, 9.17) is 14.0 Å². The van der Waals surface area contributed by atoms with Gasteiger partial charge in [-0.2, -0.15) is 4.98 Å². The van der Waals surface area contributed by atoms with Crippen LogP contribution in [0.2, 0.25) is 32.7 Å². The molecule has 0 unspecified atom stereocenters. The zero-order valence-electron chi connectivity index (χ0n) is 27.7. The third-order valence-corrected chi connectivity index (χ3v) is 15.7. The van der Waals surface area contributed by atoms with Crippen molar-refractivity contribution in [3.05, 3.63) is 65.4 Å². The lowest BCUT2D eigenvalue weighted by atomic mass is 10.1. The smallest absolute Gasteiger partial charge is 0.278 e. The summed E-state index contributed by atoms with van der Waals surface area (Å²) in [4.78, 5) is 26.0. The van der Waals surface area contributed by atoms with Crippen LogP contribution in [-0.4, -0.2) is 79.4 Å². The van der Waals surface area contributed by atoms with Crippen LogP contribution < -0.4 is 9.47 Å². The molecule has 0 spiro atoms. The minimum atomic E-state index is -0.945. The standard InChI is InChI=1S/C26H25N5O4S.C6H18NSi2/c1-33-17-7-6-16(22(10-17)34-2)12-30-13-21-23(25-28-24(29-35-25)15-4-5-15)27-14-31(21)20-9-8-18(36-3)11-19(20)26(30)32;1-7(8(2)3)9(4,5)6/h6-11,14-15H,4-5,12-13H2,1-3H3;1-6H3. The number of aromatic nitrogens is 4. The molecule has 1 aliphatic heterocycles. The largest absolute Gasteiger partial charge is 0.497 e. The third-order valence-electron chi connectivity index (χ3n) is 8.31. The van der Waals surface area contributed by atoms with Crippen LogP contribution in [0.1, 0.15) is 46.2 Å². The zero-order valence-corrected chi connectivity index (χ0v) is 30.5. The Balaban J connectivity index is 0.000000390. The second kappa shape index (κ2) is 13.5. The van der Waals surface area contributed by atoms with Crippen molar-refractivity contribution in [3.8, 4) is 28.8 Å². The summed E-state index contributed by atoms with van der Waals surface area (Å²) in [6.07, 6.45) is 5.89. The maximum atomic E-state index is 13.9. The molecule has 4 aromatic rings. The van der Waals surface area contributed by atoms with E-state index in [0.717, 1.165) is 40.5 Å². The Hall–Kier alpha value is -3.40. The quantitative estimate of drug-likeness (QED) is 0.143. The number of fused-ring (bicyclic) bond motifs is 3. The molecular formula is C32H43N6O4SSi2. The van der Waals surface area contributed by atoms with Gasteiger partial charge in [0.25, 0.3) is 11.8 Å². The van der Waals surface area contributed by atoms with E-state index in [-0.39, 0.29) is 14.9 Å². The van der Waals surface area contributed by atoms with Gasteiger partial charge in [-0.15, -0.1) is 11.8 Å². The molecule has 1 amide bonds. The first-order valence-electron chi connectivity index (χ1n) is 15.1. The summed E-state index contributed by atoms with van der Waals surface area (Å²) in [6.45, 7) is 12.5. The third kappa shape index (κ3) is 7.21. The number of imidazole rings is 1. The van der Waals surface area contributed by atoms with Crippen molar-refractivity contribution in [1.82, 2.24) is 28.8 Å². The molecule has 1 radical (unpaired) electrons. The van der Waals surface area contributed by atoms with Crippen LogP contribution in [0.15, 0.2) is 52.1 Å². The van der Waals surface area contributed by atoms with Gasteiger partial charge in [0.05, 0.1) is 44.3 Å². The molecule has 45 heavy (non-hydrogen) atoms. The lowest BCUT2D eigenvalue weighted by Gasteiger charge is -2.32. The predicted molar refractivity (Wildman–Crippen MR) is 182 cm³/mol. The lowest BCUT2D eigenvalue weighted by Crippen LogP contribution is -2.49. The molecule has 2 aliphatic rings. The van der Waals surface area contributed by atoms with Crippen LogP contribution in [0.4, 0.5) is 0 Å². The minimum absolute atomic E-state index is 0.0716. The van der Waals surface area contributed by atoms with Crippen molar-refractivity contribution < 1.29 is 18.8 Å². The van der Waals surface area contributed by atoms with Crippen molar-refractivity contribution in [3.63, 3.8) is 0 Å². The monoisotopic (exact) mass is 663 g/mol. The van der Waals surface area contributed by atoms with Crippen molar-refractivity contribution in [2.24, 2.45) is 0 Å². The van der Waals surface area contributed by atoms with Crippen LogP contribution in [0.5, 0.6) is 11.5 Å². The van der Waals surface area contributed by atoms with Crippen LogP contribution >= 0.6 is 11.8 Å². The number of rotatable bonds is 9. The van der Waals surface area contributed by atoms with Gasteiger partial charge < -0.3 is 23.1 Å². The van der Waals surface area contributed by atoms with E-state index in [1.54, 1.807) is 37.2 Å². The summed E-state index contributed by atoms with van der Waals surface area (Å²) in [5.74, 6) is 2.75. The Labute approximate surface area is 272 Å². The first kappa shape index (κ1) is 33.0. The van der Waals surface area contributed by atoms with E-state index < -0.39 is 8.24 Å². The molecule has 2 aromatic carbocycles. The fraction of sp³-hybridized carbons (Fsp3) is 0.438. The van der Waals surface area contributed by atoms with E-state index in [0.29, 0.717) is 47.7 Å². The Bertz CT molecular complexity index is 1660. The van der Waals surface area contributed by atoms with E-state index in [9.17, 15) is 4.79 Å². The van der Waals surface area contributed by atoms with Gasteiger partial charge in [-0.25, -0.2) is 4.98 Å². The maximum Gasteiger partial charge on any atom is 0.278 e. The van der Waals surface area contributed by atoms with Crippen LogP contribution in [0, 0.1) is 0 Å². The van der Waals surface area contributed by atoms with E-state index in [1.807, 2.05) is 47.2 Å². The number of carbonyl (C=O) groups is 1. The van der Waals surface area contributed by atoms with Crippen molar-refractivity contribution >= 4 is 34.9 Å². The van der Waals surface area contributed by atoms with Crippen LogP contribution in [-0.2, 0) is 13.1 Å². The Morgan fingerprint density at radius 2 is 1.87 bits per heavy atom.